The molecule has 0 aliphatic carbocycles. The molecule has 152 valence electrons. The molecule has 2 N–H and O–H groups in total. The number of carbonyl (C=O) groups excluding carboxylic acids is 2. The molecule has 1 unspecified atom stereocenters. The monoisotopic (exact) mass is 397 g/mol. The maximum atomic E-state index is 12.5. The third kappa shape index (κ3) is 4.87. The molecule has 1 fully saturated rings. The average molecular weight is 397 g/mol. The number of anilines is 1. The number of nitrogens with one attached hydrogen (secondary N) is 2. The Kier molecular flexibility index (Phi) is 6.06. The van der Waals surface area contributed by atoms with E-state index in [-0.39, 0.29) is 35.1 Å². The maximum Gasteiger partial charge on any atom is 0.293 e. The van der Waals surface area contributed by atoms with Crippen molar-refractivity contribution < 1.29 is 14.5 Å². The van der Waals surface area contributed by atoms with Crippen molar-refractivity contribution in [1.29, 1.82) is 0 Å². The minimum Gasteiger partial charge on any atom is -0.375 e. The zero-order valence-electron chi connectivity index (χ0n) is 16.3. The average Bonchev–Trinajstić information content (AvgIpc) is 3.16. The summed E-state index contributed by atoms with van der Waals surface area (Å²) < 4.78 is 0. The summed E-state index contributed by atoms with van der Waals surface area (Å²) in [5, 5.41) is 17.4. The Labute approximate surface area is 168 Å². The van der Waals surface area contributed by atoms with Crippen molar-refractivity contribution in [2.45, 2.75) is 32.4 Å². The Balaban J connectivity index is 1.71. The number of amides is 2. The molecule has 0 spiro atoms. The molecule has 0 saturated carbocycles. The number of hydrogen-bond acceptors (Lipinski definition) is 6. The second-order valence-corrected chi connectivity index (χ2v) is 7.21. The molecule has 0 bridgehead atoms. The fourth-order valence-electron chi connectivity index (χ4n) is 3.23. The van der Waals surface area contributed by atoms with E-state index >= 15 is 0 Å². The number of likely N-dealkylation sites (tertiary alicyclic amines) is 1. The van der Waals surface area contributed by atoms with Gasteiger partial charge in [-0.1, -0.05) is 6.07 Å². The van der Waals surface area contributed by atoms with Gasteiger partial charge in [-0.25, -0.2) is 0 Å². The largest absolute Gasteiger partial charge is 0.375 e. The van der Waals surface area contributed by atoms with Crippen LogP contribution in [0.5, 0.6) is 0 Å². The zero-order valence-corrected chi connectivity index (χ0v) is 16.3. The Hall–Kier alpha value is -3.49. The summed E-state index contributed by atoms with van der Waals surface area (Å²) in [4.78, 5) is 41.4. The molecule has 1 aromatic heterocycles. The van der Waals surface area contributed by atoms with Crippen LogP contribution in [-0.2, 0) is 0 Å². The highest BCUT2D eigenvalue weighted by molar-refractivity contribution is 5.96. The fourth-order valence-corrected chi connectivity index (χ4v) is 3.23. The molecule has 1 aromatic carbocycles. The van der Waals surface area contributed by atoms with Gasteiger partial charge in [0.15, 0.2) is 0 Å². The summed E-state index contributed by atoms with van der Waals surface area (Å²) in [5.41, 5.74) is 0.762. The Bertz CT molecular complexity index is 916. The molecular weight excluding hydrogens is 374 g/mol. The standard InChI is InChI=1S/C20H23N5O4/c1-13(2)22-19(26)14-6-7-16(18(11-14)25(28)29)23-15-8-10-24(12-15)20(27)17-5-3-4-9-21-17/h3-7,9,11,13,15,23H,8,10,12H2,1-2H3,(H,22,26). The molecular formula is C20H23N5O4. The number of nitro groups is 1. The maximum absolute atomic E-state index is 12.5. The zero-order chi connectivity index (χ0) is 21.0. The van der Waals surface area contributed by atoms with E-state index in [1.54, 1.807) is 35.4 Å². The SMILES string of the molecule is CC(C)NC(=O)c1ccc(NC2CCN(C(=O)c3ccccn3)C2)c([N+](=O)[O-])c1. The predicted molar refractivity (Wildman–Crippen MR) is 108 cm³/mol. The molecule has 1 aliphatic heterocycles. The number of benzene rings is 1. The molecule has 1 aliphatic rings. The van der Waals surface area contributed by atoms with Crippen LogP contribution in [-0.4, -0.2) is 51.8 Å². The van der Waals surface area contributed by atoms with Crippen molar-refractivity contribution in [2.24, 2.45) is 0 Å². The van der Waals surface area contributed by atoms with Crippen molar-refractivity contribution >= 4 is 23.2 Å². The van der Waals surface area contributed by atoms with Crippen LogP contribution in [0.2, 0.25) is 0 Å². The smallest absolute Gasteiger partial charge is 0.293 e. The van der Waals surface area contributed by atoms with Gasteiger partial charge in [0.2, 0.25) is 0 Å². The van der Waals surface area contributed by atoms with E-state index in [4.69, 9.17) is 0 Å². The summed E-state index contributed by atoms with van der Waals surface area (Å²) in [6.07, 6.45) is 2.23. The van der Waals surface area contributed by atoms with Gasteiger partial charge in [-0.15, -0.1) is 0 Å². The van der Waals surface area contributed by atoms with Gasteiger partial charge in [0.25, 0.3) is 17.5 Å². The second kappa shape index (κ2) is 8.68. The Morgan fingerprint density at radius 2 is 2.07 bits per heavy atom. The van der Waals surface area contributed by atoms with Crippen molar-refractivity contribution in [3.05, 3.63) is 64.0 Å². The molecule has 2 amide bonds. The van der Waals surface area contributed by atoms with E-state index in [9.17, 15) is 19.7 Å². The van der Waals surface area contributed by atoms with Crippen molar-refractivity contribution in [3.8, 4) is 0 Å². The van der Waals surface area contributed by atoms with Gasteiger partial charge < -0.3 is 15.5 Å². The Morgan fingerprint density at radius 1 is 1.28 bits per heavy atom. The highest BCUT2D eigenvalue weighted by atomic mass is 16.6. The van der Waals surface area contributed by atoms with Crippen LogP contribution >= 0.6 is 0 Å². The van der Waals surface area contributed by atoms with E-state index in [2.05, 4.69) is 15.6 Å². The Morgan fingerprint density at radius 3 is 2.72 bits per heavy atom. The molecule has 9 nitrogen and oxygen atoms in total. The first-order chi connectivity index (χ1) is 13.8. The topological polar surface area (TPSA) is 117 Å². The lowest BCUT2D eigenvalue weighted by atomic mass is 10.1. The highest BCUT2D eigenvalue weighted by Crippen LogP contribution is 2.28. The quantitative estimate of drug-likeness (QED) is 0.571. The normalized spacial score (nSPS) is 16.0. The van der Waals surface area contributed by atoms with E-state index in [1.807, 2.05) is 13.8 Å². The summed E-state index contributed by atoms with van der Waals surface area (Å²) >= 11 is 0. The van der Waals surface area contributed by atoms with E-state index in [1.165, 1.54) is 12.1 Å². The lowest BCUT2D eigenvalue weighted by molar-refractivity contribution is -0.384. The minimum absolute atomic E-state index is 0.0690. The minimum atomic E-state index is -0.514. The fraction of sp³-hybridized carbons (Fsp3) is 0.350. The van der Waals surface area contributed by atoms with Crippen LogP contribution in [0, 0.1) is 10.1 Å². The van der Waals surface area contributed by atoms with Gasteiger partial charge in [-0.3, -0.25) is 24.7 Å². The number of hydrogen-bond donors (Lipinski definition) is 2. The third-order valence-electron chi connectivity index (χ3n) is 4.60. The van der Waals surface area contributed by atoms with Crippen LogP contribution < -0.4 is 10.6 Å². The summed E-state index contributed by atoms with van der Waals surface area (Å²) in [6.45, 7) is 4.60. The molecule has 1 saturated heterocycles. The van der Waals surface area contributed by atoms with Gasteiger partial charge in [0.1, 0.15) is 11.4 Å². The van der Waals surface area contributed by atoms with Crippen LogP contribution in [0.1, 0.15) is 41.1 Å². The number of pyridine rings is 1. The van der Waals surface area contributed by atoms with E-state index < -0.39 is 4.92 Å². The molecule has 3 rings (SSSR count). The number of carbonyl (C=O) groups is 2. The molecule has 29 heavy (non-hydrogen) atoms. The number of aromatic nitrogens is 1. The van der Waals surface area contributed by atoms with Gasteiger partial charge >= 0.3 is 0 Å². The first-order valence-electron chi connectivity index (χ1n) is 9.41. The first kappa shape index (κ1) is 20.2. The highest BCUT2D eigenvalue weighted by Gasteiger charge is 2.29. The number of nitrogens with zero attached hydrogens (tertiary/aromatic N) is 3. The third-order valence-corrected chi connectivity index (χ3v) is 4.60. The molecule has 1 atom stereocenters. The lowest BCUT2D eigenvalue weighted by Gasteiger charge is -2.17. The van der Waals surface area contributed by atoms with E-state index in [0.717, 1.165) is 0 Å². The summed E-state index contributed by atoms with van der Waals surface area (Å²) in [6, 6.07) is 9.33. The molecule has 2 heterocycles. The number of nitro benzene ring substituents is 1. The van der Waals surface area contributed by atoms with Gasteiger partial charge in [0, 0.05) is 43.0 Å². The van der Waals surface area contributed by atoms with Crippen LogP contribution in [0.15, 0.2) is 42.6 Å². The van der Waals surface area contributed by atoms with Gasteiger partial charge in [0.05, 0.1) is 4.92 Å². The summed E-state index contributed by atoms with van der Waals surface area (Å²) in [7, 11) is 0. The molecule has 0 radical (unpaired) electrons. The van der Waals surface area contributed by atoms with Crippen LogP contribution in [0.4, 0.5) is 11.4 Å². The molecule has 2 aromatic rings. The summed E-state index contributed by atoms with van der Waals surface area (Å²) in [5.74, 6) is -0.521. The van der Waals surface area contributed by atoms with Crippen molar-refractivity contribution in [1.82, 2.24) is 15.2 Å². The molecule has 9 heteroatoms. The van der Waals surface area contributed by atoms with Gasteiger partial charge in [-0.2, -0.15) is 0 Å². The van der Waals surface area contributed by atoms with Gasteiger partial charge in [-0.05, 0) is 44.5 Å². The number of rotatable bonds is 6. The van der Waals surface area contributed by atoms with Crippen LogP contribution in [0.3, 0.4) is 0 Å². The van der Waals surface area contributed by atoms with Crippen molar-refractivity contribution in [3.63, 3.8) is 0 Å². The second-order valence-electron chi connectivity index (χ2n) is 7.21. The van der Waals surface area contributed by atoms with Crippen LogP contribution in [0.25, 0.3) is 0 Å². The van der Waals surface area contributed by atoms with E-state index in [0.29, 0.717) is 30.9 Å². The van der Waals surface area contributed by atoms with Crippen molar-refractivity contribution in [2.75, 3.05) is 18.4 Å². The first-order valence-corrected chi connectivity index (χ1v) is 9.41. The lowest BCUT2D eigenvalue weighted by Crippen LogP contribution is -2.32. The predicted octanol–water partition coefficient (Wildman–Crippen LogP) is 2.45.